The average Bonchev–Trinajstić information content (AvgIpc) is 2.47. The smallest absolute Gasteiger partial charge is 0.207 e. The molecule has 0 atom stereocenters. The molecule has 0 fully saturated rings. The van der Waals surface area contributed by atoms with Crippen LogP contribution in [0, 0.1) is 13.8 Å². The molecule has 0 saturated carbocycles. The van der Waals surface area contributed by atoms with Crippen LogP contribution in [0.3, 0.4) is 0 Å². The molecule has 0 saturated heterocycles. The molecule has 2 rings (SSSR count). The van der Waals surface area contributed by atoms with Gasteiger partial charge in [0.1, 0.15) is 0 Å². The molecular weight excluding hydrogens is 344 g/mol. The highest BCUT2D eigenvalue weighted by atomic mass is 32.2. The molecule has 5 heteroatoms. The van der Waals surface area contributed by atoms with Crippen molar-refractivity contribution in [1.82, 2.24) is 0 Å². The van der Waals surface area contributed by atoms with Crippen molar-refractivity contribution in [2.75, 3.05) is 12.5 Å². The maximum absolute atomic E-state index is 13.2. The molecule has 2 nitrogen and oxygen atoms in total. The van der Waals surface area contributed by atoms with E-state index in [4.69, 9.17) is 0 Å². The van der Waals surface area contributed by atoms with Crippen LogP contribution >= 0.6 is 23.5 Å². The Bertz CT molecular complexity index is 734. The van der Waals surface area contributed by atoms with E-state index in [0.717, 1.165) is 22.3 Å². The molecule has 2 aromatic carbocycles. The van der Waals surface area contributed by atoms with Crippen molar-refractivity contribution in [3.05, 3.63) is 58.7 Å². The normalized spacial score (nSPS) is 11.7. The zero-order chi connectivity index (χ0) is 17.0. The van der Waals surface area contributed by atoms with Crippen LogP contribution in [-0.4, -0.2) is 20.9 Å². The predicted molar refractivity (Wildman–Crippen MR) is 102 cm³/mol. The summed E-state index contributed by atoms with van der Waals surface area (Å²) < 4.78 is 26.5. The SMILES string of the molecule is CSCc1cc(C)ccc1S(=O)(=O)c1ccc(C)cc1CSC. The first-order chi connectivity index (χ1) is 10.9. The fourth-order valence-corrected chi connectivity index (χ4v) is 5.56. The number of rotatable bonds is 6. The lowest BCUT2D eigenvalue weighted by Gasteiger charge is -2.14. The first-order valence-electron chi connectivity index (χ1n) is 7.32. The van der Waals surface area contributed by atoms with Gasteiger partial charge in [-0.05, 0) is 49.6 Å². The van der Waals surface area contributed by atoms with E-state index >= 15 is 0 Å². The van der Waals surface area contributed by atoms with Gasteiger partial charge in [0, 0.05) is 11.5 Å². The van der Waals surface area contributed by atoms with E-state index in [9.17, 15) is 8.42 Å². The van der Waals surface area contributed by atoms with E-state index in [1.807, 2.05) is 50.6 Å². The van der Waals surface area contributed by atoms with Gasteiger partial charge < -0.3 is 0 Å². The summed E-state index contributed by atoms with van der Waals surface area (Å²) in [5.74, 6) is 1.39. The molecule has 0 aromatic heterocycles. The fraction of sp³-hybridized carbons (Fsp3) is 0.333. The summed E-state index contributed by atoms with van der Waals surface area (Å²) in [6, 6.07) is 11.2. The van der Waals surface area contributed by atoms with Crippen LogP contribution in [0.25, 0.3) is 0 Å². The molecule has 0 amide bonds. The van der Waals surface area contributed by atoms with Crippen molar-refractivity contribution in [2.45, 2.75) is 35.1 Å². The Labute approximate surface area is 148 Å². The summed E-state index contributed by atoms with van der Waals surface area (Å²) >= 11 is 3.27. The molecule has 0 bridgehead atoms. The van der Waals surface area contributed by atoms with Gasteiger partial charge in [0.2, 0.25) is 9.84 Å². The van der Waals surface area contributed by atoms with Gasteiger partial charge >= 0.3 is 0 Å². The van der Waals surface area contributed by atoms with Gasteiger partial charge in [-0.2, -0.15) is 23.5 Å². The van der Waals surface area contributed by atoms with Crippen molar-refractivity contribution < 1.29 is 8.42 Å². The van der Waals surface area contributed by atoms with Crippen LogP contribution in [0.4, 0.5) is 0 Å². The maximum atomic E-state index is 13.2. The van der Waals surface area contributed by atoms with Crippen molar-refractivity contribution in [1.29, 1.82) is 0 Å². The molecule has 2 aromatic rings. The minimum Gasteiger partial charge on any atom is -0.218 e. The van der Waals surface area contributed by atoms with E-state index in [-0.39, 0.29) is 0 Å². The highest BCUT2D eigenvalue weighted by molar-refractivity contribution is 7.98. The van der Waals surface area contributed by atoms with Gasteiger partial charge in [-0.25, -0.2) is 8.42 Å². The molecule has 0 spiro atoms. The van der Waals surface area contributed by atoms with Gasteiger partial charge in [-0.15, -0.1) is 0 Å². The lowest BCUT2D eigenvalue weighted by Crippen LogP contribution is -2.08. The lowest BCUT2D eigenvalue weighted by molar-refractivity contribution is 0.594. The third-order valence-electron chi connectivity index (χ3n) is 3.61. The standard InChI is InChI=1S/C18H22O2S3/c1-13-5-7-17(15(9-13)11-21-3)23(19,20)18-8-6-14(2)10-16(18)12-22-4/h5-10H,11-12H2,1-4H3. The molecule has 0 aliphatic heterocycles. The Hall–Kier alpha value is -0.910. The van der Waals surface area contributed by atoms with E-state index < -0.39 is 9.84 Å². The van der Waals surface area contributed by atoms with Crippen LogP contribution in [-0.2, 0) is 21.3 Å². The zero-order valence-electron chi connectivity index (χ0n) is 13.9. The van der Waals surface area contributed by atoms with E-state index in [2.05, 4.69) is 0 Å². The minimum atomic E-state index is -3.50. The Morgan fingerprint density at radius 1 is 0.783 bits per heavy atom. The summed E-state index contributed by atoms with van der Waals surface area (Å²) in [7, 11) is -3.50. The second kappa shape index (κ2) is 7.77. The minimum absolute atomic E-state index is 0.434. The fourth-order valence-electron chi connectivity index (χ4n) is 2.60. The van der Waals surface area contributed by atoms with Crippen molar-refractivity contribution in [3.63, 3.8) is 0 Å². The molecule has 0 unspecified atom stereocenters. The van der Waals surface area contributed by atoms with E-state index in [1.54, 1.807) is 35.7 Å². The molecule has 124 valence electrons. The third-order valence-corrected chi connectivity index (χ3v) is 6.76. The van der Waals surface area contributed by atoms with E-state index in [0.29, 0.717) is 21.3 Å². The lowest BCUT2D eigenvalue weighted by atomic mass is 10.1. The topological polar surface area (TPSA) is 34.1 Å². The summed E-state index contributed by atoms with van der Waals surface area (Å²) in [5.41, 5.74) is 3.93. The first kappa shape index (κ1) is 18.4. The summed E-state index contributed by atoms with van der Waals surface area (Å²) in [6.07, 6.45) is 3.98. The molecule has 0 aliphatic carbocycles. The Kier molecular flexibility index (Phi) is 6.23. The van der Waals surface area contributed by atoms with Crippen LogP contribution in [0.2, 0.25) is 0 Å². The number of hydrogen-bond donors (Lipinski definition) is 0. The van der Waals surface area contributed by atoms with Crippen LogP contribution in [0.1, 0.15) is 22.3 Å². The van der Waals surface area contributed by atoms with Gasteiger partial charge in [-0.1, -0.05) is 35.4 Å². The Morgan fingerprint density at radius 3 is 1.52 bits per heavy atom. The molecular formula is C18H22O2S3. The van der Waals surface area contributed by atoms with Crippen molar-refractivity contribution >= 4 is 33.4 Å². The number of sulfone groups is 1. The van der Waals surface area contributed by atoms with Crippen LogP contribution in [0.15, 0.2) is 46.2 Å². The molecule has 23 heavy (non-hydrogen) atoms. The number of thioether (sulfide) groups is 2. The van der Waals surface area contributed by atoms with Gasteiger partial charge in [0.05, 0.1) is 9.79 Å². The molecule has 0 radical (unpaired) electrons. The van der Waals surface area contributed by atoms with Crippen LogP contribution in [0.5, 0.6) is 0 Å². The highest BCUT2D eigenvalue weighted by Crippen LogP contribution is 2.31. The van der Waals surface area contributed by atoms with Crippen molar-refractivity contribution in [3.8, 4) is 0 Å². The number of benzene rings is 2. The third kappa shape index (κ3) is 4.14. The number of hydrogen-bond acceptors (Lipinski definition) is 4. The van der Waals surface area contributed by atoms with Crippen molar-refractivity contribution in [2.24, 2.45) is 0 Å². The van der Waals surface area contributed by atoms with Gasteiger partial charge in [0.15, 0.2) is 0 Å². The number of aryl methyl sites for hydroxylation is 2. The Balaban J connectivity index is 2.64. The first-order valence-corrected chi connectivity index (χ1v) is 11.6. The largest absolute Gasteiger partial charge is 0.218 e. The Morgan fingerprint density at radius 2 is 1.17 bits per heavy atom. The summed E-state index contributed by atoms with van der Waals surface area (Å²) in [4.78, 5) is 0.868. The zero-order valence-corrected chi connectivity index (χ0v) is 16.4. The van der Waals surface area contributed by atoms with Gasteiger partial charge in [-0.3, -0.25) is 0 Å². The monoisotopic (exact) mass is 366 g/mol. The maximum Gasteiger partial charge on any atom is 0.207 e. The molecule has 0 heterocycles. The second-order valence-corrected chi connectivity index (χ2v) is 9.21. The van der Waals surface area contributed by atoms with Gasteiger partial charge in [0.25, 0.3) is 0 Å². The second-order valence-electron chi connectivity index (χ2n) is 5.59. The quantitative estimate of drug-likeness (QED) is 0.731. The average molecular weight is 367 g/mol. The summed E-state index contributed by atoms with van der Waals surface area (Å²) in [5, 5.41) is 0. The van der Waals surface area contributed by atoms with Crippen LogP contribution < -0.4 is 0 Å². The van der Waals surface area contributed by atoms with E-state index in [1.165, 1.54) is 0 Å². The summed E-state index contributed by atoms with van der Waals surface area (Å²) in [6.45, 7) is 3.98. The predicted octanol–water partition coefficient (Wildman–Crippen LogP) is 4.86. The highest BCUT2D eigenvalue weighted by Gasteiger charge is 2.24. The molecule has 0 N–H and O–H groups in total. The molecule has 0 aliphatic rings.